The van der Waals surface area contributed by atoms with Gasteiger partial charge >= 0.3 is 5.97 Å². The van der Waals surface area contributed by atoms with Gasteiger partial charge in [0.1, 0.15) is 23.9 Å². The Balaban J connectivity index is 1.40. The van der Waals surface area contributed by atoms with E-state index >= 15 is 0 Å². The zero-order chi connectivity index (χ0) is 29.9. The van der Waals surface area contributed by atoms with Crippen LogP contribution in [0.25, 0.3) is 0 Å². The Labute approximate surface area is 252 Å². The van der Waals surface area contributed by atoms with Crippen molar-refractivity contribution in [2.75, 3.05) is 30.9 Å². The van der Waals surface area contributed by atoms with Crippen LogP contribution in [0.4, 0.5) is 11.4 Å². The number of unbranched alkanes of at least 4 members (excludes halogenated alkanes) is 2. The van der Waals surface area contributed by atoms with Gasteiger partial charge in [-0.15, -0.1) is 0 Å². The third-order valence-electron chi connectivity index (χ3n) is 7.18. The molecule has 0 spiro atoms. The number of hydrogen-bond acceptors (Lipinski definition) is 6. The number of nitrogens with zero attached hydrogens (tertiary/aromatic N) is 1. The molecule has 0 bridgehead atoms. The van der Waals surface area contributed by atoms with E-state index in [1.54, 1.807) is 19.2 Å². The van der Waals surface area contributed by atoms with Crippen LogP contribution in [-0.4, -0.2) is 48.2 Å². The summed E-state index contributed by atoms with van der Waals surface area (Å²) in [6.07, 6.45) is 7.18. The summed E-state index contributed by atoms with van der Waals surface area (Å²) < 4.78 is 11.6. The highest BCUT2D eigenvalue weighted by Crippen LogP contribution is 2.30. The van der Waals surface area contributed by atoms with Gasteiger partial charge in [0.25, 0.3) is 0 Å². The van der Waals surface area contributed by atoms with Gasteiger partial charge in [-0.1, -0.05) is 43.1 Å². The van der Waals surface area contributed by atoms with E-state index in [0.717, 1.165) is 54.9 Å². The lowest BCUT2D eigenvalue weighted by molar-refractivity contribution is -0.131. The Kier molecular flexibility index (Phi) is 11.1. The highest BCUT2D eigenvalue weighted by molar-refractivity contribution is 6.33. The third-order valence-corrected chi connectivity index (χ3v) is 7.51. The van der Waals surface area contributed by atoms with Crippen LogP contribution in [0.1, 0.15) is 54.9 Å². The van der Waals surface area contributed by atoms with Crippen molar-refractivity contribution in [2.45, 2.75) is 51.5 Å². The predicted octanol–water partition coefficient (Wildman–Crippen LogP) is 7.21. The van der Waals surface area contributed by atoms with E-state index in [1.807, 2.05) is 47.4 Å². The summed E-state index contributed by atoms with van der Waals surface area (Å²) >= 11 is 6.39. The van der Waals surface area contributed by atoms with E-state index in [-0.39, 0.29) is 23.9 Å². The molecule has 1 amide bonds. The molecule has 3 N–H and O–H groups in total. The molecule has 3 aromatic carbocycles. The fraction of sp³-hybridized carbons (Fsp3) is 0.333. The number of carbonyl (C=O) groups excluding carboxylic acids is 1. The maximum Gasteiger partial charge on any atom is 0.335 e. The predicted molar refractivity (Wildman–Crippen MR) is 167 cm³/mol. The minimum Gasteiger partial charge on any atom is -0.495 e. The molecule has 222 valence electrons. The number of hydrogen-bond donors (Lipinski definition) is 3. The summed E-state index contributed by atoms with van der Waals surface area (Å²) in [4.78, 5) is 26.3. The van der Waals surface area contributed by atoms with Gasteiger partial charge in [-0.25, -0.2) is 4.79 Å². The van der Waals surface area contributed by atoms with E-state index in [0.29, 0.717) is 29.7 Å². The van der Waals surface area contributed by atoms with Crippen molar-refractivity contribution in [3.05, 3.63) is 94.8 Å². The van der Waals surface area contributed by atoms with Crippen molar-refractivity contribution < 1.29 is 24.2 Å². The number of anilines is 2. The minimum atomic E-state index is -0.979. The summed E-state index contributed by atoms with van der Waals surface area (Å²) in [6.45, 7) is 3.20. The summed E-state index contributed by atoms with van der Waals surface area (Å²) in [6, 6.07) is 19.6. The van der Waals surface area contributed by atoms with Crippen molar-refractivity contribution in [1.82, 2.24) is 4.90 Å². The smallest absolute Gasteiger partial charge is 0.335 e. The fourth-order valence-corrected chi connectivity index (χ4v) is 5.07. The Morgan fingerprint density at radius 3 is 2.55 bits per heavy atom. The van der Waals surface area contributed by atoms with Gasteiger partial charge in [0.05, 0.1) is 41.5 Å². The van der Waals surface area contributed by atoms with Crippen molar-refractivity contribution in [3.8, 4) is 11.5 Å². The normalized spacial score (nSPS) is 14.9. The van der Waals surface area contributed by atoms with Crippen molar-refractivity contribution in [3.63, 3.8) is 0 Å². The molecule has 1 unspecified atom stereocenters. The monoisotopic (exact) mass is 591 g/mol. The third kappa shape index (κ3) is 8.42. The average molecular weight is 592 g/mol. The lowest BCUT2D eigenvalue weighted by atomic mass is 10.1. The number of allylic oxidation sites excluding steroid dienone is 1. The molecular weight excluding hydrogens is 554 g/mol. The Morgan fingerprint density at radius 2 is 1.83 bits per heavy atom. The van der Waals surface area contributed by atoms with Gasteiger partial charge in [-0.3, -0.25) is 4.79 Å². The molecule has 1 aliphatic rings. The number of halogens is 1. The molecule has 1 saturated heterocycles. The number of carboxylic acids is 1. The molecule has 4 rings (SSSR count). The van der Waals surface area contributed by atoms with E-state index in [1.165, 1.54) is 12.1 Å². The minimum absolute atomic E-state index is 0.0330. The van der Waals surface area contributed by atoms with E-state index in [9.17, 15) is 9.59 Å². The van der Waals surface area contributed by atoms with Gasteiger partial charge < -0.3 is 30.1 Å². The van der Waals surface area contributed by atoms with Gasteiger partial charge in [-0.2, -0.15) is 0 Å². The fourth-order valence-electron chi connectivity index (χ4n) is 4.89. The van der Waals surface area contributed by atoms with E-state index in [2.05, 4.69) is 23.6 Å². The molecular formula is C33H38ClN3O5. The van der Waals surface area contributed by atoms with E-state index in [4.69, 9.17) is 26.2 Å². The number of carbonyl (C=O) groups is 2. The van der Waals surface area contributed by atoms with Crippen LogP contribution in [0.5, 0.6) is 11.5 Å². The first-order valence-electron chi connectivity index (χ1n) is 14.3. The zero-order valence-electron chi connectivity index (χ0n) is 24.1. The Morgan fingerprint density at radius 1 is 1.07 bits per heavy atom. The topological polar surface area (TPSA) is 100 Å². The number of carboxylic acid groups (broad SMARTS) is 1. The number of aromatic carboxylic acids is 1. The van der Waals surface area contributed by atoms with Crippen LogP contribution < -0.4 is 20.1 Å². The van der Waals surface area contributed by atoms with Gasteiger partial charge in [-0.05, 0) is 85.9 Å². The van der Waals surface area contributed by atoms with Gasteiger partial charge in [0.15, 0.2) is 0 Å². The average Bonchev–Trinajstić information content (AvgIpc) is 3.47. The Bertz CT molecular complexity index is 1390. The number of benzene rings is 3. The van der Waals surface area contributed by atoms with Crippen LogP contribution in [0.3, 0.4) is 0 Å². The second-order valence-electron chi connectivity index (χ2n) is 10.2. The molecule has 0 aromatic heterocycles. The molecule has 1 atom stereocenters. The van der Waals surface area contributed by atoms with E-state index < -0.39 is 5.97 Å². The number of methoxy groups -OCH3 is 1. The van der Waals surface area contributed by atoms with Crippen LogP contribution in [0.15, 0.2) is 78.6 Å². The first-order valence-corrected chi connectivity index (χ1v) is 14.7. The number of likely N-dealkylation sites (tertiary alicyclic amines) is 1. The van der Waals surface area contributed by atoms with Crippen LogP contribution in [-0.2, 0) is 11.2 Å². The first-order chi connectivity index (χ1) is 20.4. The zero-order valence-corrected chi connectivity index (χ0v) is 24.8. The first kappa shape index (κ1) is 30.8. The molecule has 0 aliphatic carbocycles. The van der Waals surface area contributed by atoms with Crippen LogP contribution >= 0.6 is 11.6 Å². The second-order valence-corrected chi connectivity index (χ2v) is 10.6. The summed E-state index contributed by atoms with van der Waals surface area (Å²) in [7, 11) is 1.62. The SMILES string of the molecule is CCCC/C=C(\Nc1ccccc1Cl)Nc1ccc(CC(=O)N2CCCC2COc2ccc(C(=O)O)cc2)cc1OC. The molecule has 42 heavy (non-hydrogen) atoms. The molecule has 1 heterocycles. The highest BCUT2D eigenvalue weighted by Gasteiger charge is 2.29. The maximum atomic E-state index is 13.3. The lowest BCUT2D eigenvalue weighted by Crippen LogP contribution is -2.39. The lowest BCUT2D eigenvalue weighted by Gasteiger charge is -2.25. The maximum absolute atomic E-state index is 13.3. The summed E-state index contributed by atoms with van der Waals surface area (Å²) in [5.41, 5.74) is 2.64. The van der Waals surface area contributed by atoms with Crippen LogP contribution in [0.2, 0.25) is 5.02 Å². The molecule has 1 fully saturated rings. The van der Waals surface area contributed by atoms with Crippen molar-refractivity contribution in [1.29, 1.82) is 0 Å². The van der Waals surface area contributed by atoms with Gasteiger partial charge in [0, 0.05) is 6.54 Å². The number of para-hydroxylation sites is 1. The quantitative estimate of drug-likeness (QED) is 0.170. The second kappa shape index (κ2) is 15.2. The highest BCUT2D eigenvalue weighted by atomic mass is 35.5. The summed E-state index contributed by atoms with van der Waals surface area (Å²) in [5.74, 6) is 1.07. The summed E-state index contributed by atoms with van der Waals surface area (Å²) in [5, 5.41) is 16.5. The molecule has 3 aromatic rings. The number of rotatable bonds is 14. The van der Waals surface area contributed by atoms with Crippen molar-refractivity contribution >= 4 is 34.9 Å². The number of ether oxygens (including phenoxy) is 2. The van der Waals surface area contributed by atoms with Gasteiger partial charge in [0.2, 0.25) is 5.91 Å². The molecule has 1 aliphatic heterocycles. The number of amides is 1. The molecule has 0 radical (unpaired) electrons. The Hall–Kier alpha value is -4.17. The standard InChI is InChI=1S/C33H38ClN3O5/c1-3-4-5-12-31(35-28-11-7-6-10-27(28)34)36-29-18-13-23(20-30(29)41-2)21-32(38)37-19-8-9-25(37)22-42-26-16-14-24(15-17-26)33(39)40/h6-7,10-18,20,25,35-36H,3-5,8-9,19,21-22H2,1-2H3,(H,39,40)/b31-12+. The van der Waals surface area contributed by atoms with Crippen molar-refractivity contribution in [2.24, 2.45) is 0 Å². The molecule has 9 heteroatoms. The molecule has 8 nitrogen and oxygen atoms in total. The number of nitrogens with one attached hydrogen (secondary N) is 2. The van der Waals surface area contributed by atoms with Crippen LogP contribution in [0, 0.1) is 0 Å². The molecule has 0 saturated carbocycles. The largest absolute Gasteiger partial charge is 0.495 e.